The number of fused-ring (bicyclic) bond motifs is 1. The van der Waals surface area contributed by atoms with E-state index in [1.807, 2.05) is 42.5 Å². The van der Waals surface area contributed by atoms with E-state index < -0.39 is 10.0 Å². The van der Waals surface area contributed by atoms with Gasteiger partial charge in [-0.1, -0.05) is 54.1 Å². The number of sulfonamides is 1. The number of aryl methyl sites for hydroxylation is 2. The van der Waals surface area contributed by atoms with Gasteiger partial charge in [0.2, 0.25) is 10.0 Å². The summed E-state index contributed by atoms with van der Waals surface area (Å²) in [5, 5.41) is 2.71. The van der Waals surface area contributed by atoms with Crippen LogP contribution in [0, 0.1) is 13.8 Å². The van der Waals surface area contributed by atoms with Gasteiger partial charge in [-0.25, -0.2) is 13.1 Å². The number of hydrogen-bond acceptors (Lipinski definition) is 2. The van der Waals surface area contributed by atoms with Crippen molar-refractivity contribution in [1.29, 1.82) is 0 Å². The number of halogens is 1. The smallest absolute Gasteiger partial charge is 0.207 e. The Bertz CT molecular complexity index is 1010. The second-order valence-electron chi connectivity index (χ2n) is 5.83. The largest absolute Gasteiger partial charge is 0.241 e. The summed E-state index contributed by atoms with van der Waals surface area (Å²) >= 11 is 6.06. The van der Waals surface area contributed by atoms with Gasteiger partial charge in [0, 0.05) is 11.6 Å². The molecule has 0 atom stereocenters. The van der Waals surface area contributed by atoms with E-state index in [0.717, 1.165) is 21.9 Å². The first-order chi connectivity index (χ1) is 11.4. The summed E-state index contributed by atoms with van der Waals surface area (Å²) in [6, 6.07) is 17.1. The lowest BCUT2D eigenvalue weighted by atomic mass is 10.1. The topological polar surface area (TPSA) is 46.2 Å². The standard InChI is InChI=1S/C19H18ClNO2S/c1-13-11-19(14(2)10-18(13)20)24(22,23)21-12-16-8-5-7-15-6-3-4-9-17(15)16/h3-11,21H,12H2,1-2H3. The molecule has 0 spiro atoms. The highest BCUT2D eigenvalue weighted by atomic mass is 35.5. The summed E-state index contributed by atoms with van der Waals surface area (Å²) in [6.07, 6.45) is 0. The van der Waals surface area contributed by atoms with E-state index in [1.165, 1.54) is 0 Å². The molecular formula is C19H18ClNO2S. The van der Waals surface area contributed by atoms with Gasteiger partial charge in [-0.15, -0.1) is 0 Å². The minimum absolute atomic E-state index is 0.241. The number of nitrogens with one attached hydrogen (secondary N) is 1. The fourth-order valence-corrected chi connectivity index (χ4v) is 4.28. The second-order valence-corrected chi connectivity index (χ2v) is 7.97. The third kappa shape index (κ3) is 3.31. The van der Waals surface area contributed by atoms with Gasteiger partial charge < -0.3 is 0 Å². The van der Waals surface area contributed by atoms with Crippen molar-refractivity contribution >= 4 is 32.4 Å². The highest BCUT2D eigenvalue weighted by molar-refractivity contribution is 7.89. The molecular weight excluding hydrogens is 342 g/mol. The average Bonchev–Trinajstić information content (AvgIpc) is 2.56. The van der Waals surface area contributed by atoms with E-state index in [1.54, 1.807) is 26.0 Å². The molecule has 0 aromatic heterocycles. The summed E-state index contributed by atoms with van der Waals surface area (Å²) in [6.45, 7) is 3.79. The summed E-state index contributed by atoms with van der Waals surface area (Å²) in [5.41, 5.74) is 2.32. The first kappa shape index (κ1) is 17.0. The van der Waals surface area contributed by atoms with Crippen LogP contribution in [-0.2, 0) is 16.6 Å². The molecule has 0 saturated heterocycles. The summed E-state index contributed by atoms with van der Waals surface area (Å²) < 4.78 is 28.0. The highest BCUT2D eigenvalue weighted by Gasteiger charge is 2.18. The lowest BCUT2D eigenvalue weighted by Crippen LogP contribution is -2.24. The van der Waals surface area contributed by atoms with Crippen molar-refractivity contribution in [3.8, 4) is 0 Å². The molecule has 3 nitrogen and oxygen atoms in total. The predicted molar refractivity (Wildman–Crippen MR) is 98.9 cm³/mol. The van der Waals surface area contributed by atoms with Crippen LogP contribution in [0.2, 0.25) is 5.02 Å². The highest BCUT2D eigenvalue weighted by Crippen LogP contribution is 2.24. The van der Waals surface area contributed by atoms with E-state index >= 15 is 0 Å². The van der Waals surface area contributed by atoms with Crippen LogP contribution in [0.15, 0.2) is 59.5 Å². The fraction of sp³-hybridized carbons (Fsp3) is 0.158. The van der Waals surface area contributed by atoms with E-state index in [2.05, 4.69) is 4.72 Å². The number of hydrogen-bond donors (Lipinski definition) is 1. The molecule has 3 aromatic carbocycles. The maximum absolute atomic E-state index is 12.7. The molecule has 3 aromatic rings. The summed E-state index contributed by atoms with van der Waals surface area (Å²) in [5.74, 6) is 0. The summed E-state index contributed by atoms with van der Waals surface area (Å²) in [7, 11) is -3.61. The van der Waals surface area contributed by atoms with Gasteiger partial charge in [0.15, 0.2) is 0 Å². The van der Waals surface area contributed by atoms with Crippen LogP contribution >= 0.6 is 11.6 Å². The van der Waals surface area contributed by atoms with Gasteiger partial charge in [-0.2, -0.15) is 0 Å². The van der Waals surface area contributed by atoms with Gasteiger partial charge in [0.25, 0.3) is 0 Å². The third-order valence-corrected chi connectivity index (χ3v) is 6.03. The van der Waals surface area contributed by atoms with Gasteiger partial charge in [-0.3, -0.25) is 0 Å². The molecule has 0 amide bonds. The van der Waals surface area contributed by atoms with Crippen LogP contribution in [0.3, 0.4) is 0 Å². The molecule has 1 N–H and O–H groups in total. The van der Waals surface area contributed by atoms with Crippen LogP contribution in [0.25, 0.3) is 10.8 Å². The zero-order chi connectivity index (χ0) is 17.3. The third-order valence-electron chi connectivity index (χ3n) is 4.08. The van der Waals surface area contributed by atoms with Crippen molar-refractivity contribution in [1.82, 2.24) is 4.72 Å². The van der Waals surface area contributed by atoms with E-state index in [-0.39, 0.29) is 11.4 Å². The normalized spacial score (nSPS) is 11.8. The van der Waals surface area contributed by atoms with Crippen LogP contribution in [-0.4, -0.2) is 8.42 Å². The van der Waals surface area contributed by atoms with Crippen molar-refractivity contribution in [2.24, 2.45) is 0 Å². The van der Waals surface area contributed by atoms with Gasteiger partial charge in [0.05, 0.1) is 4.90 Å². The van der Waals surface area contributed by atoms with Gasteiger partial charge in [0.1, 0.15) is 0 Å². The van der Waals surface area contributed by atoms with Crippen molar-refractivity contribution in [2.45, 2.75) is 25.3 Å². The van der Waals surface area contributed by atoms with Crippen molar-refractivity contribution in [3.05, 3.63) is 76.3 Å². The van der Waals surface area contributed by atoms with E-state index in [4.69, 9.17) is 11.6 Å². The van der Waals surface area contributed by atoms with Gasteiger partial charge >= 0.3 is 0 Å². The van der Waals surface area contributed by atoms with Crippen molar-refractivity contribution in [2.75, 3.05) is 0 Å². The monoisotopic (exact) mass is 359 g/mol. The number of benzene rings is 3. The quantitative estimate of drug-likeness (QED) is 0.740. The molecule has 5 heteroatoms. The Morgan fingerprint density at radius 3 is 2.46 bits per heavy atom. The molecule has 0 aliphatic carbocycles. The molecule has 3 rings (SSSR count). The maximum Gasteiger partial charge on any atom is 0.241 e. The predicted octanol–water partition coefficient (Wildman–Crippen LogP) is 4.59. The molecule has 24 heavy (non-hydrogen) atoms. The SMILES string of the molecule is Cc1cc(S(=O)(=O)NCc2cccc3ccccc23)c(C)cc1Cl. The molecule has 0 unspecified atom stereocenters. The molecule has 0 fully saturated rings. The van der Waals surface area contributed by atoms with E-state index in [9.17, 15) is 8.42 Å². The number of rotatable bonds is 4. The summed E-state index contributed by atoms with van der Waals surface area (Å²) in [4.78, 5) is 0.268. The zero-order valence-electron chi connectivity index (χ0n) is 13.5. The van der Waals surface area contributed by atoms with Crippen LogP contribution < -0.4 is 4.72 Å². The van der Waals surface area contributed by atoms with Crippen LogP contribution in [0.1, 0.15) is 16.7 Å². The Hall–Kier alpha value is -1.88. The Morgan fingerprint density at radius 1 is 0.958 bits per heavy atom. The average molecular weight is 360 g/mol. The Morgan fingerprint density at radius 2 is 1.67 bits per heavy atom. The first-order valence-corrected chi connectivity index (χ1v) is 9.47. The van der Waals surface area contributed by atoms with Crippen molar-refractivity contribution < 1.29 is 8.42 Å². The molecule has 0 aliphatic rings. The molecule has 124 valence electrons. The molecule has 0 bridgehead atoms. The lowest BCUT2D eigenvalue weighted by molar-refractivity contribution is 0.581. The molecule has 0 saturated carbocycles. The minimum Gasteiger partial charge on any atom is -0.207 e. The molecule has 0 heterocycles. The van der Waals surface area contributed by atoms with Gasteiger partial charge in [-0.05, 0) is 53.4 Å². The first-order valence-electron chi connectivity index (χ1n) is 7.61. The van der Waals surface area contributed by atoms with Crippen molar-refractivity contribution in [3.63, 3.8) is 0 Å². The van der Waals surface area contributed by atoms with Crippen LogP contribution in [0.5, 0.6) is 0 Å². The maximum atomic E-state index is 12.7. The Balaban J connectivity index is 1.92. The van der Waals surface area contributed by atoms with Crippen LogP contribution in [0.4, 0.5) is 0 Å². The zero-order valence-corrected chi connectivity index (χ0v) is 15.1. The Kier molecular flexibility index (Phi) is 4.63. The fourth-order valence-electron chi connectivity index (χ4n) is 2.74. The van der Waals surface area contributed by atoms with E-state index in [0.29, 0.717) is 10.6 Å². The minimum atomic E-state index is -3.61. The lowest BCUT2D eigenvalue weighted by Gasteiger charge is -2.12. The molecule has 0 radical (unpaired) electrons. The Labute approximate surface area is 147 Å². The second kappa shape index (κ2) is 6.55. The molecule has 0 aliphatic heterocycles.